The van der Waals surface area contributed by atoms with Gasteiger partial charge in [-0.2, -0.15) is 0 Å². The van der Waals surface area contributed by atoms with Crippen LogP contribution in [0.1, 0.15) is 16.8 Å². The third kappa shape index (κ3) is 2.80. The molecule has 0 aromatic heterocycles. The highest BCUT2D eigenvalue weighted by molar-refractivity contribution is 6.36. The molecule has 7 heteroatoms. The van der Waals surface area contributed by atoms with Crippen molar-refractivity contribution in [1.82, 2.24) is 0 Å². The number of allylic oxidation sites excluding steroid dienone is 2. The Labute approximate surface area is 189 Å². The lowest BCUT2D eigenvalue weighted by molar-refractivity contribution is -0.124. The van der Waals surface area contributed by atoms with Gasteiger partial charge in [-0.1, -0.05) is 41.4 Å². The molecule has 5 aliphatic rings. The largest absolute Gasteiger partial charge is 0.321 e. The van der Waals surface area contributed by atoms with Gasteiger partial charge in [0.1, 0.15) is 0 Å². The van der Waals surface area contributed by atoms with Crippen LogP contribution in [-0.2, 0) is 9.59 Å². The van der Waals surface area contributed by atoms with Crippen LogP contribution in [0.3, 0.4) is 0 Å². The third-order valence-corrected chi connectivity index (χ3v) is 7.77. The highest BCUT2D eigenvalue weighted by Crippen LogP contribution is 2.65. The predicted molar refractivity (Wildman–Crippen MR) is 118 cm³/mol. The molecule has 1 saturated heterocycles. The first kappa shape index (κ1) is 19.1. The maximum Gasteiger partial charge on any atom is 0.255 e. The number of nitrogens with one attached hydrogen (secondary N) is 1. The summed E-state index contributed by atoms with van der Waals surface area (Å²) in [5.41, 5.74) is 1.15. The van der Waals surface area contributed by atoms with E-state index in [0.29, 0.717) is 38.8 Å². The second-order valence-corrected chi connectivity index (χ2v) is 9.64. The molecule has 0 spiro atoms. The normalized spacial score (nSPS) is 32.1. The van der Waals surface area contributed by atoms with Gasteiger partial charge in [-0.05, 0) is 66.5 Å². The quantitative estimate of drug-likeness (QED) is 0.536. The summed E-state index contributed by atoms with van der Waals surface area (Å²) in [6.07, 6.45) is 5.41. The van der Waals surface area contributed by atoms with Crippen molar-refractivity contribution in [3.05, 3.63) is 70.2 Å². The van der Waals surface area contributed by atoms with Crippen LogP contribution < -0.4 is 10.2 Å². The van der Waals surface area contributed by atoms with E-state index >= 15 is 0 Å². The molecule has 0 radical (unpaired) electrons. The number of anilines is 2. The fourth-order valence-electron chi connectivity index (χ4n) is 5.79. The van der Waals surface area contributed by atoms with Gasteiger partial charge < -0.3 is 5.32 Å². The summed E-state index contributed by atoms with van der Waals surface area (Å²) >= 11 is 12.1. The van der Waals surface area contributed by atoms with E-state index in [-0.39, 0.29) is 35.5 Å². The van der Waals surface area contributed by atoms with Crippen LogP contribution in [0.25, 0.3) is 0 Å². The first-order chi connectivity index (χ1) is 14.9. The highest BCUT2D eigenvalue weighted by Gasteiger charge is 2.67. The Bertz CT molecular complexity index is 1160. The average molecular weight is 453 g/mol. The topological polar surface area (TPSA) is 66.5 Å². The Morgan fingerprint density at radius 1 is 0.935 bits per heavy atom. The van der Waals surface area contributed by atoms with E-state index in [0.717, 1.165) is 6.42 Å². The summed E-state index contributed by atoms with van der Waals surface area (Å²) in [5, 5.41) is 3.55. The van der Waals surface area contributed by atoms with Crippen molar-refractivity contribution in [3.63, 3.8) is 0 Å². The number of hydrogen-bond acceptors (Lipinski definition) is 3. The number of hydrogen-bond donors (Lipinski definition) is 1. The van der Waals surface area contributed by atoms with Crippen LogP contribution in [-0.4, -0.2) is 17.7 Å². The van der Waals surface area contributed by atoms with Crippen LogP contribution in [0.5, 0.6) is 0 Å². The molecule has 1 aliphatic heterocycles. The summed E-state index contributed by atoms with van der Waals surface area (Å²) in [6.45, 7) is 0. The maximum atomic E-state index is 13.3. The molecular weight excluding hydrogens is 435 g/mol. The van der Waals surface area contributed by atoms with Gasteiger partial charge in [-0.3, -0.25) is 14.4 Å². The summed E-state index contributed by atoms with van der Waals surface area (Å²) in [4.78, 5) is 40.7. The Balaban J connectivity index is 1.29. The molecule has 31 heavy (non-hydrogen) atoms. The van der Waals surface area contributed by atoms with Gasteiger partial charge in [0, 0.05) is 10.6 Å². The molecule has 2 aromatic rings. The number of carbonyl (C=O) groups excluding carboxylic acids is 3. The molecule has 1 N–H and O–H groups in total. The molecule has 2 saturated carbocycles. The van der Waals surface area contributed by atoms with E-state index in [1.165, 1.54) is 4.90 Å². The minimum atomic E-state index is -0.398. The van der Waals surface area contributed by atoms with E-state index in [2.05, 4.69) is 17.5 Å². The fourth-order valence-corrected chi connectivity index (χ4v) is 6.12. The van der Waals surface area contributed by atoms with Crippen LogP contribution in [0.15, 0.2) is 54.6 Å². The van der Waals surface area contributed by atoms with Gasteiger partial charge in [0.15, 0.2) is 0 Å². The monoisotopic (exact) mass is 452 g/mol. The SMILES string of the molecule is O=C(Nc1cc(Cl)ccc1Cl)c1cccc(N2C(=O)[C@@H]3[C@@H]4C=C[C@H]([C@H]5C[C@H]45)[C@@H]3C2=O)c1. The Morgan fingerprint density at radius 2 is 1.61 bits per heavy atom. The van der Waals surface area contributed by atoms with Crippen molar-refractivity contribution < 1.29 is 14.4 Å². The number of amides is 3. The van der Waals surface area contributed by atoms with Crippen molar-refractivity contribution in [1.29, 1.82) is 0 Å². The van der Waals surface area contributed by atoms with Gasteiger partial charge >= 0.3 is 0 Å². The minimum absolute atomic E-state index is 0.143. The molecule has 4 aliphatic carbocycles. The second-order valence-electron chi connectivity index (χ2n) is 8.80. The number of benzene rings is 2. The smallest absolute Gasteiger partial charge is 0.255 e. The number of imide groups is 1. The maximum absolute atomic E-state index is 13.3. The molecule has 5 nitrogen and oxygen atoms in total. The average Bonchev–Trinajstić information content (AvgIpc) is 3.54. The number of halogens is 2. The first-order valence-electron chi connectivity index (χ1n) is 10.4. The second kappa shape index (κ2) is 6.68. The Hall–Kier alpha value is -2.63. The minimum Gasteiger partial charge on any atom is -0.321 e. The summed E-state index contributed by atoms with van der Waals surface area (Å²) in [6, 6.07) is 11.4. The Kier molecular flexibility index (Phi) is 4.11. The van der Waals surface area contributed by atoms with Crippen molar-refractivity contribution in [2.24, 2.45) is 35.5 Å². The molecule has 2 bridgehead atoms. The van der Waals surface area contributed by atoms with Crippen molar-refractivity contribution in [3.8, 4) is 0 Å². The van der Waals surface area contributed by atoms with Gasteiger partial charge in [0.05, 0.1) is 28.2 Å². The molecular formula is C24H18Cl2N2O3. The molecule has 3 fully saturated rings. The van der Waals surface area contributed by atoms with Crippen molar-refractivity contribution >= 4 is 52.3 Å². The highest BCUT2D eigenvalue weighted by atomic mass is 35.5. The van der Waals surface area contributed by atoms with Crippen LogP contribution >= 0.6 is 23.2 Å². The number of nitrogens with zero attached hydrogens (tertiary/aromatic N) is 1. The predicted octanol–water partition coefficient (Wildman–Crippen LogP) is 4.80. The first-order valence-corrected chi connectivity index (χ1v) is 11.1. The lowest BCUT2D eigenvalue weighted by Crippen LogP contribution is -2.40. The summed E-state index contributed by atoms with van der Waals surface area (Å²) in [7, 11) is 0. The molecule has 7 rings (SSSR count). The van der Waals surface area contributed by atoms with E-state index in [1.807, 2.05) is 0 Å². The van der Waals surface area contributed by atoms with Crippen LogP contribution in [0.2, 0.25) is 10.0 Å². The molecule has 3 amide bonds. The molecule has 156 valence electrons. The molecule has 6 atom stereocenters. The zero-order valence-electron chi connectivity index (χ0n) is 16.3. The molecule has 0 unspecified atom stereocenters. The number of carbonyl (C=O) groups is 3. The lowest BCUT2D eigenvalue weighted by Gasteiger charge is -2.37. The van der Waals surface area contributed by atoms with Gasteiger partial charge in [0.25, 0.3) is 5.91 Å². The van der Waals surface area contributed by atoms with Crippen molar-refractivity contribution in [2.45, 2.75) is 6.42 Å². The van der Waals surface area contributed by atoms with Crippen LogP contribution in [0, 0.1) is 35.5 Å². The molecule has 1 heterocycles. The third-order valence-electron chi connectivity index (χ3n) is 7.21. The van der Waals surface area contributed by atoms with E-state index in [9.17, 15) is 14.4 Å². The standard InChI is InChI=1S/C24H18Cl2N2O3/c25-12-4-7-18(26)19(9-12)27-22(29)11-2-1-3-13(8-11)28-23(30)20-14-5-6-15(17-10-16(14)17)21(20)24(28)31/h1-9,14-17,20-21H,10H2,(H,27,29)/t14-,15-,16-,17-,20-,21+/m1/s1. The van der Waals surface area contributed by atoms with Gasteiger partial charge in [-0.25, -0.2) is 4.90 Å². The number of rotatable bonds is 3. The molecule has 2 aromatic carbocycles. The van der Waals surface area contributed by atoms with Crippen molar-refractivity contribution in [2.75, 3.05) is 10.2 Å². The summed E-state index contributed by atoms with van der Waals surface area (Å²) < 4.78 is 0. The zero-order valence-corrected chi connectivity index (χ0v) is 17.8. The van der Waals surface area contributed by atoms with E-state index in [4.69, 9.17) is 23.2 Å². The fraction of sp³-hybridized carbons (Fsp3) is 0.292. The summed E-state index contributed by atoms with van der Waals surface area (Å²) in [5.74, 6) is 0.203. The zero-order chi connectivity index (χ0) is 21.4. The van der Waals surface area contributed by atoms with E-state index < -0.39 is 5.91 Å². The Morgan fingerprint density at radius 3 is 2.29 bits per heavy atom. The van der Waals surface area contributed by atoms with Gasteiger partial charge in [-0.15, -0.1) is 0 Å². The van der Waals surface area contributed by atoms with Gasteiger partial charge in [0.2, 0.25) is 11.8 Å². The lowest BCUT2D eigenvalue weighted by atomic mass is 9.63. The van der Waals surface area contributed by atoms with Crippen LogP contribution in [0.4, 0.5) is 11.4 Å². The van der Waals surface area contributed by atoms with E-state index in [1.54, 1.807) is 42.5 Å².